The van der Waals surface area contributed by atoms with Crippen molar-refractivity contribution in [1.29, 1.82) is 0 Å². The molecule has 4 aromatic rings. The van der Waals surface area contributed by atoms with Crippen molar-refractivity contribution < 1.29 is 4.92 Å². The Morgan fingerprint density at radius 2 is 1.70 bits per heavy atom. The Hall–Kier alpha value is -3.31. The molecular weight excluding hydrogens is 434 g/mol. The second kappa shape index (κ2) is 9.28. The van der Waals surface area contributed by atoms with Crippen LogP contribution in [0.2, 0.25) is 5.02 Å². The van der Waals surface area contributed by atoms with Crippen LogP contribution < -0.4 is 4.90 Å². The number of anilines is 1. The third kappa shape index (κ3) is 4.46. The van der Waals surface area contributed by atoms with Crippen molar-refractivity contribution in [2.24, 2.45) is 0 Å². The summed E-state index contributed by atoms with van der Waals surface area (Å²) in [6, 6.07) is 24.0. The van der Waals surface area contributed by atoms with Gasteiger partial charge in [-0.2, -0.15) is 0 Å². The lowest BCUT2D eigenvalue weighted by Gasteiger charge is -2.29. The van der Waals surface area contributed by atoms with E-state index in [0.717, 1.165) is 46.4 Å². The maximum Gasteiger partial charge on any atom is 0.214 e. The highest BCUT2D eigenvalue weighted by Gasteiger charge is 2.28. The molecule has 0 aliphatic carbocycles. The first-order valence-electron chi connectivity index (χ1n) is 11.4. The minimum absolute atomic E-state index is 0.192. The van der Waals surface area contributed by atoms with E-state index in [1.54, 1.807) is 0 Å². The van der Waals surface area contributed by atoms with Crippen LogP contribution in [0.25, 0.3) is 22.2 Å². The van der Waals surface area contributed by atoms with Crippen molar-refractivity contribution in [3.05, 3.63) is 99.1 Å². The highest BCUT2D eigenvalue weighted by Crippen LogP contribution is 2.40. The van der Waals surface area contributed by atoms with E-state index in [1.807, 2.05) is 48.5 Å². The van der Waals surface area contributed by atoms with Crippen LogP contribution in [-0.4, -0.2) is 29.5 Å². The SMILES string of the molecule is O=[N+]([O-])CC(c1ccc(N2CCCCC2)cc1)c1c(-c2ccccc2)[nH]c2ccc(Cl)cc12. The molecular formula is C27H26ClN3O2. The number of fused-ring (bicyclic) bond motifs is 1. The van der Waals surface area contributed by atoms with Gasteiger partial charge in [0.1, 0.15) is 0 Å². The third-order valence-corrected chi connectivity index (χ3v) is 6.80. The van der Waals surface area contributed by atoms with Crippen molar-refractivity contribution in [2.75, 3.05) is 24.5 Å². The molecule has 0 spiro atoms. The van der Waals surface area contributed by atoms with Gasteiger partial charge in [0.25, 0.3) is 0 Å². The fraction of sp³-hybridized carbons (Fsp3) is 0.259. The van der Waals surface area contributed by atoms with Gasteiger partial charge in [0.2, 0.25) is 6.54 Å². The maximum atomic E-state index is 11.8. The zero-order valence-corrected chi connectivity index (χ0v) is 19.1. The first-order chi connectivity index (χ1) is 16.1. The molecule has 1 aromatic heterocycles. The number of rotatable bonds is 6. The number of benzene rings is 3. The molecule has 1 N–H and O–H groups in total. The molecule has 1 unspecified atom stereocenters. The molecule has 1 aliphatic rings. The number of nitrogens with zero attached hydrogens (tertiary/aromatic N) is 2. The Labute approximate surface area is 198 Å². The molecule has 1 aliphatic heterocycles. The molecule has 5 nitrogen and oxygen atoms in total. The summed E-state index contributed by atoms with van der Waals surface area (Å²) in [5.74, 6) is -0.405. The largest absolute Gasteiger partial charge is 0.372 e. The van der Waals surface area contributed by atoms with Gasteiger partial charge in [-0.1, -0.05) is 54.1 Å². The molecule has 1 fully saturated rings. The minimum atomic E-state index is -0.405. The van der Waals surface area contributed by atoms with Crippen LogP contribution in [0.15, 0.2) is 72.8 Å². The van der Waals surface area contributed by atoms with Crippen molar-refractivity contribution >= 4 is 28.2 Å². The molecule has 33 heavy (non-hydrogen) atoms. The molecule has 0 bridgehead atoms. The fourth-order valence-electron chi connectivity index (χ4n) is 4.96. The lowest BCUT2D eigenvalue weighted by molar-refractivity contribution is -0.481. The zero-order valence-electron chi connectivity index (χ0n) is 18.3. The lowest BCUT2D eigenvalue weighted by Crippen LogP contribution is -2.29. The number of hydrogen-bond acceptors (Lipinski definition) is 3. The second-order valence-electron chi connectivity index (χ2n) is 8.68. The van der Waals surface area contributed by atoms with Crippen LogP contribution in [0.1, 0.15) is 36.3 Å². The van der Waals surface area contributed by atoms with E-state index in [1.165, 1.54) is 24.9 Å². The predicted molar refractivity (Wildman–Crippen MR) is 135 cm³/mol. The van der Waals surface area contributed by atoms with Crippen molar-refractivity contribution in [1.82, 2.24) is 4.98 Å². The summed E-state index contributed by atoms with van der Waals surface area (Å²) in [4.78, 5) is 17.5. The van der Waals surface area contributed by atoms with Gasteiger partial charge in [0, 0.05) is 39.6 Å². The molecule has 168 valence electrons. The van der Waals surface area contributed by atoms with Crippen LogP contribution >= 0.6 is 11.6 Å². The first kappa shape index (κ1) is 21.5. The summed E-state index contributed by atoms with van der Waals surface area (Å²) in [6.07, 6.45) is 3.70. The third-order valence-electron chi connectivity index (χ3n) is 6.56. The summed E-state index contributed by atoms with van der Waals surface area (Å²) >= 11 is 6.36. The molecule has 5 rings (SSSR count). The van der Waals surface area contributed by atoms with Gasteiger partial charge >= 0.3 is 0 Å². The highest BCUT2D eigenvalue weighted by atomic mass is 35.5. The number of nitrogens with one attached hydrogen (secondary N) is 1. The van der Waals surface area contributed by atoms with Crippen LogP contribution in [0.3, 0.4) is 0 Å². The van der Waals surface area contributed by atoms with Crippen molar-refractivity contribution in [3.63, 3.8) is 0 Å². The van der Waals surface area contributed by atoms with Gasteiger partial charge in [-0.15, -0.1) is 0 Å². The lowest BCUT2D eigenvalue weighted by atomic mass is 9.87. The van der Waals surface area contributed by atoms with E-state index in [0.29, 0.717) is 5.02 Å². The average molecular weight is 460 g/mol. The predicted octanol–water partition coefficient (Wildman–Crippen LogP) is 6.89. The Balaban J connectivity index is 1.64. The summed E-state index contributed by atoms with van der Waals surface area (Å²) < 4.78 is 0. The number of aromatic amines is 1. The highest BCUT2D eigenvalue weighted by molar-refractivity contribution is 6.31. The second-order valence-corrected chi connectivity index (χ2v) is 9.11. The summed E-state index contributed by atoms with van der Waals surface area (Å²) in [5, 5.41) is 13.3. The summed E-state index contributed by atoms with van der Waals surface area (Å²) in [6.45, 7) is 1.94. The van der Waals surface area contributed by atoms with Crippen LogP contribution in [0.5, 0.6) is 0 Å². The Kier molecular flexibility index (Phi) is 6.05. The maximum absolute atomic E-state index is 11.8. The van der Waals surface area contributed by atoms with Gasteiger partial charge < -0.3 is 9.88 Å². The number of nitro groups is 1. The zero-order chi connectivity index (χ0) is 22.8. The van der Waals surface area contributed by atoms with Gasteiger partial charge in [-0.3, -0.25) is 10.1 Å². The number of halogens is 1. The van der Waals surface area contributed by atoms with Crippen molar-refractivity contribution in [3.8, 4) is 11.3 Å². The Bertz CT molecular complexity index is 1260. The first-order valence-corrected chi connectivity index (χ1v) is 11.8. The monoisotopic (exact) mass is 459 g/mol. The van der Waals surface area contributed by atoms with Crippen LogP contribution in [0, 0.1) is 10.1 Å². The van der Waals surface area contributed by atoms with Crippen LogP contribution in [-0.2, 0) is 0 Å². The molecule has 0 saturated carbocycles. The number of piperidine rings is 1. The number of aromatic nitrogens is 1. The Morgan fingerprint density at radius 1 is 0.970 bits per heavy atom. The number of hydrogen-bond donors (Lipinski definition) is 1. The van der Waals surface area contributed by atoms with Gasteiger partial charge in [0.15, 0.2) is 0 Å². The van der Waals surface area contributed by atoms with E-state index in [4.69, 9.17) is 11.6 Å². The van der Waals surface area contributed by atoms with Gasteiger partial charge in [0.05, 0.1) is 11.6 Å². The average Bonchev–Trinajstić information content (AvgIpc) is 3.22. The topological polar surface area (TPSA) is 62.2 Å². The van der Waals surface area contributed by atoms with Crippen LogP contribution in [0.4, 0.5) is 5.69 Å². The minimum Gasteiger partial charge on any atom is -0.372 e. The van der Waals surface area contributed by atoms with E-state index < -0.39 is 5.92 Å². The smallest absolute Gasteiger partial charge is 0.214 e. The molecule has 3 aromatic carbocycles. The normalized spacial score (nSPS) is 15.0. The number of H-pyrrole nitrogens is 1. The molecule has 1 atom stereocenters. The fourth-order valence-corrected chi connectivity index (χ4v) is 5.13. The summed E-state index contributed by atoms with van der Waals surface area (Å²) in [5.41, 5.74) is 5.86. The molecule has 6 heteroatoms. The molecule has 1 saturated heterocycles. The Morgan fingerprint density at radius 3 is 2.39 bits per heavy atom. The van der Waals surface area contributed by atoms with E-state index in [2.05, 4.69) is 34.1 Å². The molecule has 0 radical (unpaired) electrons. The molecule has 2 heterocycles. The van der Waals surface area contributed by atoms with Gasteiger partial charge in [-0.05, 0) is 66.3 Å². The van der Waals surface area contributed by atoms with E-state index >= 15 is 0 Å². The van der Waals surface area contributed by atoms with E-state index in [9.17, 15) is 10.1 Å². The molecule has 0 amide bonds. The summed E-state index contributed by atoms with van der Waals surface area (Å²) in [7, 11) is 0. The standard InChI is InChI=1S/C27H26ClN3O2/c28-21-11-14-25-23(17-21)26(27(29-25)20-7-3-1-4-8-20)24(18-31(32)33)19-9-12-22(13-10-19)30-15-5-2-6-16-30/h1,3-4,7-14,17,24,29H,2,5-6,15-16,18H2. The van der Waals surface area contributed by atoms with E-state index in [-0.39, 0.29) is 11.5 Å². The van der Waals surface area contributed by atoms with Gasteiger partial charge in [-0.25, -0.2) is 0 Å². The van der Waals surface area contributed by atoms with Crippen molar-refractivity contribution in [2.45, 2.75) is 25.2 Å². The quantitative estimate of drug-likeness (QED) is 0.252.